The van der Waals surface area contributed by atoms with E-state index in [9.17, 15) is 8.42 Å². The van der Waals surface area contributed by atoms with Gasteiger partial charge in [-0.2, -0.15) is 0 Å². The molecular weight excluding hydrogens is 210 g/mol. The number of nitrogens with zero attached hydrogens (tertiary/aromatic N) is 1. The van der Waals surface area contributed by atoms with Crippen LogP contribution in [0.5, 0.6) is 0 Å². The Morgan fingerprint density at radius 2 is 2.00 bits per heavy atom. The molecule has 0 radical (unpaired) electrons. The van der Waals surface area contributed by atoms with Gasteiger partial charge in [0, 0.05) is 13.1 Å². The molecule has 2 atom stereocenters. The van der Waals surface area contributed by atoms with Crippen molar-refractivity contribution >= 4 is 10.0 Å². The van der Waals surface area contributed by atoms with E-state index in [4.69, 9.17) is 0 Å². The van der Waals surface area contributed by atoms with Crippen molar-refractivity contribution in [2.75, 3.05) is 19.3 Å². The Morgan fingerprint density at radius 1 is 1.40 bits per heavy atom. The first-order valence-corrected chi connectivity index (χ1v) is 7.66. The Bertz CT molecular complexity index is 298. The molecule has 0 aliphatic carbocycles. The Kier molecular flexibility index (Phi) is 4.18. The van der Waals surface area contributed by atoms with Gasteiger partial charge in [-0.3, -0.25) is 0 Å². The standard InChI is InChI=1S/C11H23NO2S/c1-5-10-8-12(15(4,13)14)7-6-11(10)9(2)3/h9-11H,5-8H2,1-4H3. The van der Waals surface area contributed by atoms with E-state index in [1.165, 1.54) is 6.26 Å². The summed E-state index contributed by atoms with van der Waals surface area (Å²) < 4.78 is 24.5. The zero-order valence-corrected chi connectivity index (χ0v) is 11.0. The molecule has 1 aliphatic rings. The average molecular weight is 233 g/mol. The van der Waals surface area contributed by atoms with Crippen molar-refractivity contribution in [1.29, 1.82) is 0 Å². The van der Waals surface area contributed by atoms with Gasteiger partial charge in [0.15, 0.2) is 0 Å². The summed E-state index contributed by atoms with van der Waals surface area (Å²) in [5.74, 6) is 1.89. The smallest absolute Gasteiger partial charge is 0.211 e. The monoisotopic (exact) mass is 233 g/mol. The van der Waals surface area contributed by atoms with Crippen LogP contribution < -0.4 is 0 Å². The Balaban J connectivity index is 2.71. The molecule has 0 aromatic rings. The molecule has 0 bridgehead atoms. The molecule has 3 nitrogen and oxygen atoms in total. The third-order valence-corrected chi connectivity index (χ3v) is 4.87. The first-order chi connectivity index (χ1) is 6.86. The Labute approximate surface area is 93.9 Å². The number of hydrogen-bond donors (Lipinski definition) is 0. The van der Waals surface area contributed by atoms with Crippen LogP contribution in [0.2, 0.25) is 0 Å². The van der Waals surface area contributed by atoms with Crippen molar-refractivity contribution in [3.05, 3.63) is 0 Å². The van der Waals surface area contributed by atoms with Crippen LogP contribution in [0.25, 0.3) is 0 Å². The Hall–Kier alpha value is -0.0900. The lowest BCUT2D eigenvalue weighted by atomic mass is 9.77. The molecule has 1 fully saturated rings. The predicted molar refractivity (Wildman–Crippen MR) is 63.1 cm³/mol. The molecule has 1 aliphatic heterocycles. The zero-order chi connectivity index (χ0) is 11.6. The SMILES string of the molecule is CCC1CN(S(C)(=O)=O)CCC1C(C)C. The molecule has 1 saturated heterocycles. The average Bonchev–Trinajstić information content (AvgIpc) is 2.15. The summed E-state index contributed by atoms with van der Waals surface area (Å²) in [4.78, 5) is 0. The minimum atomic E-state index is -2.98. The molecule has 4 heteroatoms. The van der Waals surface area contributed by atoms with Gasteiger partial charge in [-0.25, -0.2) is 12.7 Å². The van der Waals surface area contributed by atoms with Crippen molar-refractivity contribution in [1.82, 2.24) is 4.31 Å². The second-order valence-corrected chi connectivity index (χ2v) is 6.97. The summed E-state index contributed by atoms with van der Waals surface area (Å²) in [5, 5.41) is 0. The maximum atomic E-state index is 11.5. The van der Waals surface area contributed by atoms with Crippen molar-refractivity contribution in [2.45, 2.75) is 33.6 Å². The first kappa shape index (κ1) is 13.0. The molecule has 0 amide bonds. The molecule has 0 N–H and O–H groups in total. The van der Waals surface area contributed by atoms with Crippen LogP contribution in [0.4, 0.5) is 0 Å². The van der Waals surface area contributed by atoms with E-state index in [0.717, 1.165) is 19.4 Å². The van der Waals surface area contributed by atoms with E-state index in [0.29, 0.717) is 24.3 Å². The minimum absolute atomic E-state index is 0.536. The van der Waals surface area contributed by atoms with Crippen molar-refractivity contribution < 1.29 is 8.42 Å². The molecule has 1 heterocycles. The highest BCUT2D eigenvalue weighted by atomic mass is 32.2. The lowest BCUT2D eigenvalue weighted by Gasteiger charge is -2.39. The zero-order valence-electron chi connectivity index (χ0n) is 10.2. The van der Waals surface area contributed by atoms with E-state index in [1.807, 2.05) is 0 Å². The van der Waals surface area contributed by atoms with Gasteiger partial charge in [0.05, 0.1) is 6.26 Å². The lowest BCUT2D eigenvalue weighted by molar-refractivity contribution is 0.140. The molecule has 90 valence electrons. The van der Waals surface area contributed by atoms with Gasteiger partial charge in [0.2, 0.25) is 10.0 Å². The maximum Gasteiger partial charge on any atom is 0.211 e. The van der Waals surface area contributed by atoms with Gasteiger partial charge in [0.25, 0.3) is 0 Å². The van der Waals surface area contributed by atoms with Crippen LogP contribution in [-0.2, 0) is 10.0 Å². The summed E-state index contributed by atoms with van der Waals surface area (Å²) in [6.07, 6.45) is 3.41. The van der Waals surface area contributed by atoms with Crippen LogP contribution in [0.15, 0.2) is 0 Å². The van der Waals surface area contributed by atoms with E-state index in [1.54, 1.807) is 4.31 Å². The summed E-state index contributed by atoms with van der Waals surface area (Å²) >= 11 is 0. The topological polar surface area (TPSA) is 37.4 Å². The van der Waals surface area contributed by atoms with Gasteiger partial charge in [-0.05, 0) is 24.2 Å². The highest BCUT2D eigenvalue weighted by Gasteiger charge is 2.33. The molecule has 0 aromatic carbocycles. The van der Waals surface area contributed by atoms with Gasteiger partial charge in [-0.15, -0.1) is 0 Å². The highest BCUT2D eigenvalue weighted by Crippen LogP contribution is 2.32. The van der Waals surface area contributed by atoms with E-state index in [-0.39, 0.29) is 0 Å². The second kappa shape index (κ2) is 4.83. The van der Waals surface area contributed by atoms with Gasteiger partial charge >= 0.3 is 0 Å². The summed E-state index contributed by atoms with van der Waals surface area (Å²) in [6, 6.07) is 0. The highest BCUT2D eigenvalue weighted by molar-refractivity contribution is 7.88. The number of piperidine rings is 1. The van der Waals surface area contributed by atoms with Crippen LogP contribution in [0.3, 0.4) is 0 Å². The maximum absolute atomic E-state index is 11.5. The van der Waals surface area contributed by atoms with Crippen molar-refractivity contribution in [3.8, 4) is 0 Å². The number of sulfonamides is 1. The predicted octanol–water partition coefficient (Wildman–Crippen LogP) is 1.95. The normalized spacial score (nSPS) is 29.7. The molecular formula is C11H23NO2S. The number of hydrogen-bond acceptors (Lipinski definition) is 2. The van der Waals surface area contributed by atoms with Gasteiger partial charge in [-0.1, -0.05) is 27.2 Å². The molecule has 0 spiro atoms. The quantitative estimate of drug-likeness (QED) is 0.747. The van der Waals surface area contributed by atoms with Crippen LogP contribution >= 0.6 is 0 Å². The molecule has 15 heavy (non-hydrogen) atoms. The van der Waals surface area contributed by atoms with Crippen LogP contribution in [0.1, 0.15) is 33.6 Å². The molecule has 0 aromatic heterocycles. The van der Waals surface area contributed by atoms with E-state index in [2.05, 4.69) is 20.8 Å². The summed E-state index contributed by atoms with van der Waals surface area (Å²) in [7, 11) is -2.98. The fourth-order valence-corrected chi connectivity index (χ4v) is 3.53. The lowest BCUT2D eigenvalue weighted by Crippen LogP contribution is -2.44. The fourth-order valence-electron chi connectivity index (χ4n) is 2.63. The van der Waals surface area contributed by atoms with Gasteiger partial charge < -0.3 is 0 Å². The van der Waals surface area contributed by atoms with E-state index < -0.39 is 10.0 Å². The first-order valence-electron chi connectivity index (χ1n) is 5.81. The minimum Gasteiger partial charge on any atom is -0.213 e. The summed E-state index contributed by atoms with van der Waals surface area (Å²) in [6.45, 7) is 8.06. The van der Waals surface area contributed by atoms with Gasteiger partial charge in [0.1, 0.15) is 0 Å². The van der Waals surface area contributed by atoms with E-state index >= 15 is 0 Å². The number of rotatable bonds is 3. The fraction of sp³-hybridized carbons (Fsp3) is 1.00. The van der Waals surface area contributed by atoms with Crippen LogP contribution in [-0.4, -0.2) is 32.1 Å². The largest absolute Gasteiger partial charge is 0.213 e. The van der Waals surface area contributed by atoms with Crippen molar-refractivity contribution in [3.63, 3.8) is 0 Å². The Morgan fingerprint density at radius 3 is 2.40 bits per heavy atom. The van der Waals surface area contributed by atoms with Crippen LogP contribution in [0, 0.1) is 17.8 Å². The van der Waals surface area contributed by atoms with Crippen molar-refractivity contribution in [2.24, 2.45) is 17.8 Å². The molecule has 2 unspecified atom stereocenters. The second-order valence-electron chi connectivity index (χ2n) is 4.99. The third kappa shape index (κ3) is 3.18. The molecule has 0 saturated carbocycles. The molecule has 1 rings (SSSR count). The third-order valence-electron chi connectivity index (χ3n) is 3.61. The summed E-state index contributed by atoms with van der Waals surface area (Å²) in [5.41, 5.74) is 0.